The molecule has 1 saturated heterocycles. The molecule has 1 fully saturated rings. The van der Waals surface area contributed by atoms with Crippen molar-refractivity contribution in [2.75, 3.05) is 13.1 Å². The van der Waals surface area contributed by atoms with Crippen LogP contribution in [-0.4, -0.2) is 34.2 Å². The highest BCUT2D eigenvalue weighted by atomic mass is 19.4. The molecular formula is C17H17F3N2O4. The SMILES string of the molecule is O=C(O)CN1CCC(c2cc(=O)[nH]o2)CC1c1cccc(C(F)(F)F)c1. The van der Waals surface area contributed by atoms with Gasteiger partial charge in [-0.15, -0.1) is 0 Å². The van der Waals surface area contributed by atoms with Crippen molar-refractivity contribution in [3.8, 4) is 0 Å². The number of carbonyl (C=O) groups is 1. The summed E-state index contributed by atoms with van der Waals surface area (Å²) in [5.74, 6) is -0.797. The summed E-state index contributed by atoms with van der Waals surface area (Å²) in [6.07, 6.45) is -3.58. The Morgan fingerprint density at radius 3 is 2.73 bits per heavy atom. The first-order valence-corrected chi connectivity index (χ1v) is 8.05. The first-order chi connectivity index (χ1) is 12.2. The van der Waals surface area contributed by atoms with E-state index in [0.29, 0.717) is 30.7 Å². The van der Waals surface area contributed by atoms with E-state index in [-0.39, 0.29) is 18.0 Å². The minimum atomic E-state index is -4.48. The fourth-order valence-electron chi connectivity index (χ4n) is 3.40. The van der Waals surface area contributed by atoms with Crippen molar-refractivity contribution in [2.24, 2.45) is 0 Å². The van der Waals surface area contributed by atoms with E-state index in [9.17, 15) is 22.8 Å². The number of benzene rings is 1. The molecule has 1 aromatic heterocycles. The lowest BCUT2D eigenvalue weighted by atomic mass is 9.85. The van der Waals surface area contributed by atoms with Crippen LogP contribution in [0.2, 0.25) is 0 Å². The Labute approximate surface area is 146 Å². The molecule has 0 aliphatic carbocycles. The van der Waals surface area contributed by atoms with Crippen molar-refractivity contribution < 1.29 is 27.6 Å². The summed E-state index contributed by atoms with van der Waals surface area (Å²) in [4.78, 5) is 24.1. The third-order valence-corrected chi connectivity index (χ3v) is 4.60. The highest BCUT2D eigenvalue weighted by Gasteiger charge is 2.35. The molecule has 1 aromatic carbocycles. The second kappa shape index (κ2) is 6.99. The summed E-state index contributed by atoms with van der Waals surface area (Å²) in [6, 6.07) is 5.71. The van der Waals surface area contributed by atoms with Gasteiger partial charge in [-0.2, -0.15) is 18.3 Å². The minimum Gasteiger partial charge on any atom is -0.480 e. The van der Waals surface area contributed by atoms with E-state index in [1.54, 1.807) is 11.0 Å². The van der Waals surface area contributed by atoms with Crippen molar-refractivity contribution in [1.82, 2.24) is 10.1 Å². The van der Waals surface area contributed by atoms with Crippen molar-refractivity contribution in [1.29, 1.82) is 0 Å². The molecule has 0 bridgehead atoms. The Bertz CT molecular complexity index is 843. The smallest absolute Gasteiger partial charge is 0.416 e. The number of nitrogens with one attached hydrogen (secondary N) is 1. The van der Waals surface area contributed by atoms with Gasteiger partial charge in [-0.25, -0.2) is 0 Å². The second-order valence-electron chi connectivity index (χ2n) is 6.34. The molecular weight excluding hydrogens is 353 g/mol. The number of hydrogen-bond donors (Lipinski definition) is 2. The van der Waals surface area contributed by atoms with Gasteiger partial charge >= 0.3 is 12.1 Å². The van der Waals surface area contributed by atoms with Crippen LogP contribution in [0.5, 0.6) is 0 Å². The van der Waals surface area contributed by atoms with Crippen LogP contribution in [0.4, 0.5) is 13.2 Å². The fraction of sp³-hybridized carbons (Fsp3) is 0.412. The van der Waals surface area contributed by atoms with E-state index in [2.05, 4.69) is 5.16 Å². The van der Waals surface area contributed by atoms with Gasteiger partial charge in [-0.1, -0.05) is 12.1 Å². The number of halogens is 3. The van der Waals surface area contributed by atoms with Gasteiger partial charge in [0.2, 0.25) is 0 Å². The highest BCUT2D eigenvalue weighted by molar-refractivity contribution is 5.69. The van der Waals surface area contributed by atoms with Crippen molar-refractivity contribution >= 4 is 5.97 Å². The van der Waals surface area contributed by atoms with Crippen LogP contribution < -0.4 is 5.56 Å². The summed E-state index contributed by atoms with van der Waals surface area (Å²) >= 11 is 0. The average molecular weight is 370 g/mol. The molecule has 0 radical (unpaired) electrons. The number of piperidine rings is 1. The Kier molecular flexibility index (Phi) is 4.90. The minimum absolute atomic E-state index is 0.182. The number of aromatic amines is 1. The van der Waals surface area contributed by atoms with Gasteiger partial charge in [0, 0.05) is 24.6 Å². The van der Waals surface area contributed by atoms with Crippen LogP contribution in [-0.2, 0) is 11.0 Å². The quantitative estimate of drug-likeness (QED) is 0.864. The van der Waals surface area contributed by atoms with Gasteiger partial charge in [0.05, 0.1) is 12.1 Å². The molecule has 140 valence electrons. The molecule has 3 rings (SSSR count). The molecule has 6 nitrogen and oxygen atoms in total. The Morgan fingerprint density at radius 2 is 2.12 bits per heavy atom. The Hall–Kier alpha value is -2.55. The molecule has 2 unspecified atom stereocenters. The number of nitrogens with zero attached hydrogens (tertiary/aromatic N) is 1. The zero-order chi connectivity index (χ0) is 18.9. The molecule has 1 aliphatic rings. The van der Waals surface area contributed by atoms with Crippen molar-refractivity contribution in [3.05, 3.63) is 57.6 Å². The Balaban J connectivity index is 1.92. The van der Waals surface area contributed by atoms with Gasteiger partial charge in [-0.05, 0) is 30.5 Å². The van der Waals surface area contributed by atoms with Crippen molar-refractivity contribution in [2.45, 2.75) is 31.0 Å². The summed E-state index contributed by atoms with van der Waals surface area (Å²) in [5.41, 5.74) is -0.771. The zero-order valence-corrected chi connectivity index (χ0v) is 13.6. The zero-order valence-electron chi connectivity index (χ0n) is 13.6. The number of hydrogen-bond acceptors (Lipinski definition) is 4. The van der Waals surface area contributed by atoms with Gasteiger partial charge in [0.15, 0.2) is 0 Å². The molecule has 2 heterocycles. The molecule has 9 heteroatoms. The van der Waals surface area contributed by atoms with Crippen LogP contribution in [0.25, 0.3) is 0 Å². The molecule has 2 N–H and O–H groups in total. The lowest BCUT2D eigenvalue weighted by Gasteiger charge is -2.38. The number of alkyl halides is 3. The van der Waals surface area contributed by atoms with E-state index in [0.717, 1.165) is 12.1 Å². The van der Waals surface area contributed by atoms with Crippen molar-refractivity contribution in [3.63, 3.8) is 0 Å². The number of carboxylic acids is 1. The standard InChI is InChI=1S/C17H17F3N2O4/c18-17(19,20)12-3-1-2-10(6-12)13-7-11(14-8-15(23)21-26-14)4-5-22(13)9-16(24)25/h1-3,6,8,11,13H,4-5,7,9H2,(H,21,23)(H,24,25). The summed E-state index contributed by atoms with van der Waals surface area (Å²) in [5, 5.41) is 11.3. The van der Waals surface area contributed by atoms with Crippen LogP contribution in [0.1, 0.15) is 41.7 Å². The molecule has 2 atom stereocenters. The number of carboxylic acid groups (broad SMARTS) is 1. The largest absolute Gasteiger partial charge is 0.480 e. The molecule has 2 aromatic rings. The average Bonchev–Trinajstić information content (AvgIpc) is 3.00. The van der Waals surface area contributed by atoms with Gasteiger partial charge in [0.1, 0.15) is 5.76 Å². The lowest BCUT2D eigenvalue weighted by molar-refractivity contribution is -0.140. The number of H-pyrrole nitrogens is 1. The van der Waals surface area contributed by atoms with E-state index in [4.69, 9.17) is 9.63 Å². The van der Waals surface area contributed by atoms with Gasteiger partial charge in [0.25, 0.3) is 5.56 Å². The van der Waals surface area contributed by atoms with Crippen LogP contribution >= 0.6 is 0 Å². The number of aliphatic carboxylic acids is 1. The second-order valence-corrected chi connectivity index (χ2v) is 6.34. The predicted octanol–water partition coefficient (Wildman–Crippen LogP) is 2.99. The van der Waals surface area contributed by atoms with Crippen LogP contribution in [0.15, 0.2) is 39.6 Å². The molecule has 26 heavy (non-hydrogen) atoms. The number of aromatic nitrogens is 1. The maximum absolute atomic E-state index is 13.0. The number of rotatable bonds is 4. The van der Waals surface area contributed by atoms with E-state index >= 15 is 0 Å². The van der Waals surface area contributed by atoms with Crippen LogP contribution in [0.3, 0.4) is 0 Å². The molecule has 0 amide bonds. The highest BCUT2D eigenvalue weighted by Crippen LogP contribution is 2.40. The summed E-state index contributed by atoms with van der Waals surface area (Å²) in [7, 11) is 0. The monoisotopic (exact) mass is 370 g/mol. The fourth-order valence-corrected chi connectivity index (χ4v) is 3.40. The first-order valence-electron chi connectivity index (χ1n) is 8.05. The summed E-state index contributed by atoms with van der Waals surface area (Å²) < 4.78 is 44.2. The molecule has 0 saturated carbocycles. The maximum Gasteiger partial charge on any atom is 0.416 e. The summed E-state index contributed by atoms with van der Waals surface area (Å²) in [6.45, 7) is 0.0947. The topological polar surface area (TPSA) is 86.5 Å². The third kappa shape index (κ3) is 3.98. The van der Waals surface area contributed by atoms with E-state index in [1.807, 2.05) is 0 Å². The van der Waals surface area contributed by atoms with E-state index < -0.39 is 23.8 Å². The molecule has 1 aliphatic heterocycles. The first kappa shape index (κ1) is 18.2. The van der Waals surface area contributed by atoms with Gasteiger partial charge in [-0.3, -0.25) is 14.5 Å². The van der Waals surface area contributed by atoms with Gasteiger partial charge < -0.3 is 9.63 Å². The normalized spacial score (nSPS) is 21.7. The predicted molar refractivity (Wildman–Crippen MR) is 84.7 cm³/mol. The lowest BCUT2D eigenvalue weighted by Crippen LogP contribution is -2.39. The Morgan fingerprint density at radius 1 is 1.35 bits per heavy atom. The maximum atomic E-state index is 13.0. The number of likely N-dealkylation sites (tertiary alicyclic amines) is 1. The van der Waals surface area contributed by atoms with Crippen LogP contribution in [0, 0.1) is 0 Å². The van der Waals surface area contributed by atoms with E-state index in [1.165, 1.54) is 12.1 Å². The molecule has 0 spiro atoms. The third-order valence-electron chi connectivity index (χ3n) is 4.60.